The summed E-state index contributed by atoms with van der Waals surface area (Å²) in [5, 5.41) is 0. The van der Waals surface area contributed by atoms with Crippen molar-refractivity contribution in [2.45, 2.75) is 46.1 Å². The van der Waals surface area contributed by atoms with E-state index in [0.717, 1.165) is 19.5 Å². The molecule has 0 aliphatic heterocycles. The molecule has 0 aromatic rings. The van der Waals surface area contributed by atoms with E-state index in [1.807, 2.05) is 0 Å². The highest BCUT2D eigenvalue weighted by Gasteiger charge is 2.27. The molecule has 0 radical (unpaired) electrons. The first-order valence-electron chi connectivity index (χ1n) is 6.50. The molecule has 5 heteroatoms. The van der Waals surface area contributed by atoms with Crippen molar-refractivity contribution in [1.82, 2.24) is 4.90 Å². The van der Waals surface area contributed by atoms with Crippen LogP contribution in [0.3, 0.4) is 0 Å². The van der Waals surface area contributed by atoms with Crippen molar-refractivity contribution in [2.24, 2.45) is 5.73 Å². The fourth-order valence-electron chi connectivity index (χ4n) is 1.93. The molecule has 0 aliphatic carbocycles. The number of rotatable bonds is 9. The van der Waals surface area contributed by atoms with Crippen molar-refractivity contribution >= 4 is 9.84 Å². The third-order valence-electron chi connectivity index (χ3n) is 3.67. The SMILES string of the molecule is CCN(CCCS(=O)(=O)CC)C(C)(CC)CN. The quantitative estimate of drug-likeness (QED) is 0.681. The molecule has 0 spiro atoms. The van der Waals surface area contributed by atoms with Crippen LogP contribution in [-0.4, -0.2) is 50.0 Å². The fourth-order valence-corrected chi connectivity index (χ4v) is 2.78. The molecule has 2 N–H and O–H groups in total. The van der Waals surface area contributed by atoms with Crippen LogP contribution in [0.2, 0.25) is 0 Å². The van der Waals surface area contributed by atoms with Gasteiger partial charge in [-0.25, -0.2) is 8.42 Å². The first-order valence-corrected chi connectivity index (χ1v) is 8.32. The summed E-state index contributed by atoms with van der Waals surface area (Å²) in [7, 11) is -2.84. The molecule has 0 saturated heterocycles. The van der Waals surface area contributed by atoms with Crippen molar-refractivity contribution in [2.75, 3.05) is 31.1 Å². The Bertz CT molecular complexity index is 298. The second-order valence-electron chi connectivity index (χ2n) is 4.72. The van der Waals surface area contributed by atoms with E-state index in [2.05, 4.69) is 25.7 Å². The molecule has 1 unspecified atom stereocenters. The molecule has 0 aromatic heterocycles. The average Bonchev–Trinajstić information content (AvgIpc) is 2.33. The van der Waals surface area contributed by atoms with Gasteiger partial charge in [0.1, 0.15) is 9.84 Å². The summed E-state index contributed by atoms with van der Waals surface area (Å²) < 4.78 is 22.8. The number of hydrogen-bond acceptors (Lipinski definition) is 4. The Kier molecular flexibility index (Phi) is 7.28. The minimum absolute atomic E-state index is 0.00920. The summed E-state index contributed by atoms with van der Waals surface area (Å²) in [5.41, 5.74) is 5.81. The molecule has 17 heavy (non-hydrogen) atoms. The second-order valence-corrected chi connectivity index (χ2v) is 7.20. The molecule has 0 rings (SSSR count). The number of nitrogens with zero attached hydrogens (tertiary/aromatic N) is 1. The van der Waals surface area contributed by atoms with Gasteiger partial charge in [0.15, 0.2) is 0 Å². The van der Waals surface area contributed by atoms with Crippen LogP contribution in [-0.2, 0) is 9.84 Å². The summed E-state index contributed by atoms with van der Waals surface area (Å²) in [4.78, 5) is 2.29. The van der Waals surface area contributed by atoms with Crippen molar-refractivity contribution in [3.8, 4) is 0 Å². The molecule has 0 fully saturated rings. The molecule has 4 nitrogen and oxygen atoms in total. The van der Waals surface area contributed by atoms with E-state index in [0.29, 0.717) is 13.0 Å². The predicted molar refractivity (Wildman–Crippen MR) is 73.9 cm³/mol. The third-order valence-corrected chi connectivity index (χ3v) is 5.46. The Labute approximate surface area is 106 Å². The molecule has 0 amide bonds. The zero-order valence-electron chi connectivity index (χ0n) is 11.7. The Morgan fingerprint density at radius 2 is 1.82 bits per heavy atom. The molecule has 0 bridgehead atoms. The lowest BCUT2D eigenvalue weighted by Crippen LogP contribution is -2.51. The molecule has 0 heterocycles. The van der Waals surface area contributed by atoms with Crippen LogP contribution in [0.5, 0.6) is 0 Å². The van der Waals surface area contributed by atoms with Crippen molar-refractivity contribution in [3.05, 3.63) is 0 Å². The van der Waals surface area contributed by atoms with E-state index < -0.39 is 9.84 Å². The average molecular weight is 264 g/mol. The topological polar surface area (TPSA) is 63.4 Å². The lowest BCUT2D eigenvalue weighted by molar-refractivity contribution is 0.113. The number of hydrogen-bond donors (Lipinski definition) is 1. The van der Waals surface area contributed by atoms with Crippen LogP contribution in [0.1, 0.15) is 40.5 Å². The molecule has 1 atom stereocenters. The highest BCUT2D eigenvalue weighted by atomic mass is 32.2. The van der Waals surface area contributed by atoms with Crippen LogP contribution in [0, 0.1) is 0 Å². The molecular weight excluding hydrogens is 236 g/mol. The first kappa shape index (κ1) is 16.9. The maximum atomic E-state index is 11.4. The largest absolute Gasteiger partial charge is 0.329 e. The zero-order valence-corrected chi connectivity index (χ0v) is 12.5. The van der Waals surface area contributed by atoms with Crippen molar-refractivity contribution < 1.29 is 8.42 Å². The lowest BCUT2D eigenvalue weighted by Gasteiger charge is -2.39. The van der Waals surface area contributed by atoms with E-state index in [1.165, 1.54) is 0 Å². The predicted octanol–water partition coefficient (Wildman–Crippen LogP) is 1.26. The van der Waals surface area contributed by atoms with Crippen LogP contribution in [0.25, 0.3) is 0 Å². The van der Waals surface area contributed by atoms with Gasteiger partial charge < -0.3 is 5.73 Å². The minimum Gasteiger partial charge on any atom is -0.329 e. The zero-order chi connectivity index (χ0) is 13.5. The second kappa shape index (κ2) is 7.34. The molecule has 0 aromatic carbocycles. The summed E-state index contributed by atoms with van der Waals surface area (Å²) in [6.45, 7) is 10.4. The maximum absolute atomic E-state index is 11.4. The van der Waals surface area contributed by atoms with E-state index in [4.69, 9.17) is 5.73 Å². The van der Waals surface area contributed by atoms with Crippen LogP contribution in [0.15, 0.2) is 0 Å². The van der Waals surface area contributed by atoms with Gasteiger partial charge in [0.25, 0.3) is 0 Å². The Morgan fingerprint density at radius 3 is 2.18 bits per heavy atom. The van der Waals surface area contributed by atoms with E-state index in [1.54, 1.807) is 6.92 Å². The molecule has 0 saturated carbocycles. The number of sulfone groups is 1. The van der Waals surface area contributed by atoms with Gasteiger partial charge in [-0.05, 0) is 32.9 Å². The van der Waals surface area contributed by atoms with Crippen LogP contribution < -0.4 is 5.73 Å². The summed E-state index contributed by atoms with van der Waals surface area (Å²) in [6.07, 6.45) is 1.68. The highest BCUT2D eigenvalue weighted by Crippen LogP contribution is 2.18. The Hall–Kier alpha value is -0.130. The molecule has 104 valence electrons. The molecular formula is C12H28N2O2S. The summed E-state index contributed by atoms with van der Waals surface area (Å²) >= 11 is 0. The van der Waals surface area contributed by atoms with Crippen LogP contribution in [0.4, 0.5) is 0 Å². The third kappa shape index (κ3) is 5.36. The van der Waals surface area contributed by atoms with Crippen LogP contribution >= 0.6 is 0 Å². The standard InChI is InChI=1S/C12H28N2O2S/c1-5-12(4,11-13)14(6-2)9-8-10-17(15,16)7-3/h5-11,13H2,1-4H3. The Morgan fingerprint density at radius 1 is 1.24 bits per heavy atom. The minimum atomic E-state index is -2.84. The number of likely N-dealkylation sites (N-methyl/N-ethyl adjacent to an activating group) is 1. The van der Waals surface area contributed by atoms with Gasteiger partial charge in [-0.1, -0.05) is 20.8 Å². The van der Waals surface area contributed by atoms with Crippen molar-refractivity contribution in [1.29, 1.82) is 0 Å². The van der Waals surface area contributed by atoms with Gasteiger partial charge in [-0.2, -0.15) is 0 Å². The van der Waals surface area contributed by atoms with Gasteiger partial charge >= 0.3 is 0 Å². The van der Waals surface area contributed by atoms with Gasteiger partial charge in [-0.3, -0.25) is 4.90 Å². The van der Waals surface area contributed by atoms with Gasteiger partial charge in [0, 0.05) is 17.8 Å². The first-order chi connectivity index (χ1) is 7.85. The smallest absolute Gasteiger partial charge is 0.150 e. The van der Waals surface area contributed by atoms with E-state index >= 15 is 0 Å². The highest BCUT2D eigenvalue weighted by molar-refractivity contribution is 7.91. The summed E-state index contributed by atoms with van der Waals surface area (Å²) in [6, 6.07) is 0. The molecule has 0 aliphatic rings. The lowest BCUT2D eigenvalue weighted by atomic mass is 9.96. The summed E-state index contributed by atoms with van der Waals surface area (Å²) in [5.74, 6) is 0.519. The fraction of sp³-hybridized carbons (Fsp3) is 1.00. The van der Waals surface area contributed by atoms with Gasteiger partial charge in [0.05, 0.1) is 5.75 Å². The van der Waals surface area contributed by atoms with Gasteiger partial charge in [-0.15, -0.1) is 0 Å². The maximum Gasteiger partial charge on any atom is 0.150 e. The van der Waals surface area contributed by atoms with E-state index in [-0.39, 0.29) is 17.0 Å². The van der Waals surface area contributed by atoms with Crippen molar-refractivity contribution in [3.63, 3.8) is 0 Å². The Balaban J connectivity index is 4.34. The van der Waals surface area contributed by atoms with Gasteiger partial charge in [0.2, 0.25) is 0 Å². The number of nitrogens with two attached hydrogens (primary N) is 1. The van der Waals surface area contributed by atoms with E-state index in [9.17, 15) is 8.42 Å². The monoisotopic (exact) mass is 264 g/mol. The normalized spacial score (nSPS) is 16.1.